The fourth-order valence-corrected chi connectivity index (χ4v) is 3.20. The average Bonchev–Trinajstić information content (AvgIpc) is 3.30. The van der Waals surface area contributed by atoms with Crippen LogP contribution in [0.3, 0.4) is 0 Å². The highest BCUT2D eigenvalue weighted by molar-refractivity contribution is 5.23. The number of aryl methyl sites for hydroxylation is 1. The topological polar surface area (TPSA) is 15.3 Å². The van der Waals surface area contributed by atoms with Gasteiger partial charge in [-0.15, -0.1) is 0 Å². The molecule has 2 nitrogen and oxygen atoms in total. The molecule has 2 aliphatic rings. The molecule has 0 radical (unpaired) electrons. The lowest BCUT2D eigenvalue weighted by Crippen LogP contribution is -2.43. The summed E-state index contributed by atoms with van der Waals surface area (Å²) in [6.45, 7) is 8.24. The predicted molar refractivity (Wildman–Crippen MR) is 84.9 cm³/mol. The maximum absolute atomic E-state index is 3.76. The molecule has 1 aromatic rings. The van der Waals surface area contributed by atoms with Crippen molar-refractivity contribution in [2.45, 2.75) is 51.6 Å². The molecule has 1 aliphatic carbocycles. The molecule has 0 bridgehead atoms. The lowest BCUT2D eigenvalue weighted by atomic mass is 9.99. The molecule has 2 heteroatoms. The largest absolute Gasteiger partial charge is 0.314 e. The van der Waals surface area contributed by atoms with Crippen molar-refractivity contribution in [3.05, 3.63) is 35.4 Å². The molecular weight excluding hydrogens is 244 g/mol. The van der Waals surface area contributed by atoms with E-state index in [2.05, 4.69) is 48.3 Å². The third-order valence-electron chi connectivity index (χ3n) is 5.03. The molecule has 1 unspecified atom stereocenters. The first kappa shape index (κ1) is 14.1. The summed E-state index contributed by atoms with van der Waals surface area (Å²) in [6.07, 6.45) is 5.53. The highest BCUT2D eigenvalue weighted by Gasteiger charge is 2.26. The summed E-state index contributed by atoms with van der Waals surface area (Å²) >= 11 is 0. The van der Waals surface area contributed by atoms with Gasteiger partial charge in [0, 0.05) is 25.2 Å². The van der Waals surface area contributed by atoms with Gasteiger partial charge in [0.15, 0.2) is 0 Å². The van der Waals surface area contributed by atoms with E-state index in [-0.39, 0.29) is 0 Å². The summed E-state index contributed by atoms with van der Waals surface area (Å²) in [5.41, 5.74) is 2.81. The SMILES string of the molecule is Cc1ccc(C(C)N2CCC(NCC3CC3)CC2)cc1. The van der Waals surface area contributed by atoms with Gasteiger partial charge in [-0.1, -0.05) is 29.8 Å². The Hall–Kier alpha value is -0.860. The third-order valence-corrected chi connectivity index (χ3v) is 5.03. The number of piperidine rings is 1. The zero-order valence-electron chi connectivity index (χ0n) is 12.9. The van der Waals surface area contributed by atoms with Crippen LogP contribution in [-0.4, -0.2) is 30.6 Å². The van der Waals surface area contributed by atoms with E-state index in [0.29, 0.717) is 6.04 Å². The first-order chi connectivity index (χ1) is 9.72. The van der Waals surface area contributed by atoms with Crippen molar-refractivity contribution in [1.82, 2.24) is 10.2 Å². The molecule has 1 aliphatic heterocycles. The van der Waals surface area contributed by atoms with Gasteiger partial charge < -0.3 is 5.32 Å². The average molecular weight is 272 g/mol. The van der Waals surface area contributed by atoms with Crippen molar-refractivity contribution in [3.8, 4) is 0 Å². The minimum Gasteiger partial charge on any atom is -0.314 e. The highest BCUT2D eigenvalue weighted by Crippen LogP contribution is 2.29. The summed E-state index contributed by atoms with van der Waals surface area (Å²) in [5.74, 6) is 1.000. The lowest BCUT2D eigenvalue weighted by molar-refractivity contribution is 0.152. The Morgan fingerprint density at radius 2 is 1.75 bits per heavy atom. The van der Waals surface area contributed by atoms with Crippen molar-refractivity contribution < 1.29 is 0 Å². The molecule has 1 saturated carbocycles. The second-order valence-electron chi connectivity index (χ2n) is 6.75. The molecule has 0 amide bonds. The van der Waals surface area contributed by atoms with E-state index in [9.17, 15) is 0 Å². The summed E-state index contributed by atoms with van der Waals surface area (Å²) in [6, 6.07) is 10.4. The van der Waals surface area contributed by atoms with Crippen LogP contribution in [0.5, 0.6) is 0 Å². The Labute approximate surface area is 123 Å². The van der Waals surface area contributed by atoms with Crippen LogP contribution >= 0.6 is 0 Å². The van der Waals surface area contributed by atoms with E-state index in [4.69, 9.17) is 0 Å². The summed E-state index contributed by atoms with van der Waals surface area (Å²) in [5, 5.41) is 3.76. The normalized spacial score (nSPS) is 22.9. The minimum absolute atomic E-state index is 0.556. The van der Waals surface area contributed by atoms with E-state index in [1.165, 1.54) is 56.4 Å². The molecule has 0 aromatic heterocycles. The van der Waals surface area contributed by atoms with Gasteiger partial charge in [-0.2, -0.15) is 0 Å². The third kappa shape index (κ3) is 3.62. The van der Waals surface area contributed by atoms with Crippen molar-refractivity contribution in [2.75, 3.05) is 19.6 Å². The van der Waals surface area contributed by atoms with Gasteiger partial charge in [0.05, 0.1) is 0 Å². The molecule has 1 saturated heterocycles. The molecule has 20 heavy (non-hydrogen) atoms. The number of hydrogen-bond donors (Lipinski definition) is 1. The fraction of sp³-hybridized carbons (Fsp3) is 0.667. The Balaban J connectivity index is 1.47. The number of rotatable bonds is 5. The number of hydrogen-bond acceptors (Lipinski definition) is 2. The Bertz CT molecular complexity index is 414. The van der Waals surface area contributed by atoms with Gasteiger partial charge in [0.1, 0.15) is 0 Å². The first-order valence-corrected chi connectivity index (χ1v) is 8.26. The van der Waals surface area contributed by atoms with Crippen LogP contribution in [0.15, 0.2) is 24.3 Å². The number of nitrogens with one attached hydrogen (secondary N) is 1. The Kier molecular flexibility index (Phi) is 4.42. The first-order valence-electron chi connectivity index (χ1n) is 8.26. The number of likely N-dealkylation sites (tertiary alicyclic amines) is 1. The van der Waals surface area contributed by atoms with Crippen molar-refractivity contribution in [3.63, 3.8) is 0 Å². The molecule has 1 heterocycles. The van der Waals surface area contributed by atoms with Crippen LogP contribution in [-0.2, 0) is 0 Å². The van der Waals surface area contributed by atoms with Crippen molar-refractivity contribution >= 4 is 0 Å². The van der Waals surface area contributed by atoms with Crippen LogP contribution in [0.2, 0.25) is 0 Å². The maximum atomic E-state index is 3.76. The molecule has 1 N–H and O–H groups in total. The second kappa shape index (κ2) is 6.28. The van der Waals surface area contributed by atoms with E-state index in [1.807, 2.05) is 0 Å². The van der Waals surface area contributed by atoms with Gasteiger partial charge in [0.2, 0.25) is 0 Å². The zero-order chi connectivity index (χ0) is 13.9. The van der Waals surface area contributed by atoms with Crippen molar-refractivity contribution in [2.24, 2.45) is 5.92 Å². The minimum atomic E-state index is 0.556. The monoisotopic (exact) mass is 272 g/mol. The standard InChI is InChI=1S/C18H28N2/c1-14-3-7-17(8-4-14)15(2)20-11-9-18(10-12-20)19-13-16-5-6-16/h3-4,7-8,15-16,18-19H,5-6,9-13H2,1-2H3. The van der Waals surface area contributed by atoms with E-state index in [0.717, 1.165) is 12.0 Å². The molecular formula is C18H28N2. The van der Waals surface area contributed by atoms with Gasteiger partial charge in [0.25, 0.3) is 0 Å². The zero-order valence-corrected chi connectivity index (χ0v) is 12.9. The van der Waals surface area contributed by atoms with E-state index < -0.39 is 0 Å². The van der Waals surface area contributed by atoms with Crippen LogP contribution in [0.1, 0.15) is 49.8 Å². The predicted octanol–water partition coefficient (Wildman–Crippen LogP) is 3.52. The van der Waals surface area contributed by atoms with Gasteiger partial charge in [-0.25, -0.2) is 0 Å². The molecule has 1 atom stereocenters. The van der Waals surface area contributed by atoms with Gasteiger partial charge in [-0.3, -0.25) is 4.90 Å². The van der Waals surface area contributed by atoms with E-state index >= 15 is 0 Å². The second-order valence-corrected chi connectivity index (χ2v) is 6.75. The lowest BCUT2D eigenvalue weighted by Gasteiger charge is -2.36. The van der Waals surface area contributed by atoms with Crippen molar-refractivity contribution in [1.29, 1.82) is 0 Å². The fourth-order valence-electron chi connectivity index (χ4n) is 3.20. The maximum Gasteiger partial charge on any atom is 0.0319 e. The van der Waals surface area contributed by atoms with Gasteiger partial charge in [-0.05, 0) is 57.6 Å². The Morgan fingerprint density at radius 3 is 2.35 bits per heavy atom. The van der Waals surface area contributed by atoms with E-state index in [1.54, 1.807) is 0 Å². The number of nitrogens with zero attached hydrogens (tertiary/aromatic N) is 1. The van der Waals surface area contributed by atoms with Crippen LogP contribution in [0, 0.1) is 12.8 Å². The van der Waals surface area contributed by atoms with Crippen LogP contribution in [0.4, 0.5) is 0 Å². The summed E-state index contributed by atoms with van der Waals surface area (Å²) in [7, 11) is 0. The van der Waals surface area contributed by atoms with Gasteiger partial charge >= 0.3 is 0 Å². The number of benzene rings is 1. The summed E-state index contributed by atoms with van der Waals surface area (Å²) in [4.78, 5) is 2.64. The molecule has 2 fully saturated rings. The molecule has 1 aromatic carbocycles. The Morgan fingerprint density at radius 1 is 1.10 bits per heavy atom. The molecule has 0 spiro atoms. The molecule has 3 rings (SSSR count). The van der Waals surface area contributed by atoms with Crippen LogP contribution in [0.25, 0.3) is 0 Å². The summed E-state index contributed by atoms with van der Waals surface area (Å²) < 4.78 is 0. The smallest absolute Gasteiger partial charge is 0.0319 e. The highest BCUT2D eigenvalue weighted by atomic mass is 15.2. The van der Waals surface area contributed by atoms with Crippen LogP contribution < -0.4 is 5.32 Å². The molecule has 110 valence electrons. The quantitative estimate of drug-likeness (QED) is 0.882.